The molecule has 21 heavy (non-hydrogen) atoms. The van der Waals surface area contributed by atoms with Crippen LogP contribution in [-0.4, -0.2) is 17.0 Å². The lowest BCUT2D eigenvalue weighted by Gasteiger charge is -2.11. The van der Waals surface area contributed by atoms with Gasteiger partial charge in [-0.1, -0.05) is 42.5 Å². The second kappa shape index (κ2) is 5.79. The molecular weight excluding hydrogens is 260 g/mol. The van der Waals surface area contributed by atoms with E-state index in [1.165, 1.54) is 16.3 Å². The van der Waals surface area contributed by atoms with Gasteiger partial charge in [0, 0.05) is 25.4 Å². The number of aryl methyl sites for hydroxylation is 1. The third kappa shape index (κ3) is 2.79. The number of aromatic nitrogens is 2. The molecule has 0 saturated heterocycles. The summed E-state index contributed by atoms with van der Waals surface area (Å²) in [6.45, 7) is 2.74. The van der Waals surface area contributed by atoms with Crippen molar-refractivity contribution in [2.24, 2.45) is 0 Å². The molecule has 0 saturated carbocycles. The van der Waals surface area contributed by atoms with Crippen LogP contribution in [0.2, 0.25) is 0 Å². The Bertz CT molecular complexity index is 762. The number of fused-ring (bicyclic) bond motifs is 1. The van der Waals surface area contributed by atoms with Gasteiger partial charge in [-0.05, 0) is 23.3 Å². The first-order chi connectivity index (χ1) is 10.3. The van der Waals surface area contributed by atoms with Gasteiger partial charge in [-0.3, -0.25) is 0 Å². The van der Waals surface area contributed by atoms with Gasteiger partial charge in [0.1, 0.15) is 5.82 Å². The van der Waals surface area contributed by atoms with E-state index >= 15 is 0 Å². The molecule has 4 nitrogen and oxygen atoms in total. The Hall–Kier alpha value is -2.62. The molecule has 0 fully saturated rings. The van der Waals surface area contributed by atoms with Gasteiger partial charge >= 0.3 is 0 Å². The molecule has 0 unspecified atom stereocenters. The Morgan fingerprint density at radius 3 is 2.71 bits per heavy atom. The minimum absolute atomic E-state index is 0.626. The maximum atomic E-state index is 4.45. The zero-order chi connectivity index (χ0) is 14.7. The van der Waals surface area contributed by atoms with Crippen LogP contribution in [0.5, 0.6) is 0 Å². The van der Waals surface area contributed by atoms with Gasteiger partial charge in [0.25, 0.3) is 0 Å². The summed E-state index contributed by atoms with van der Waals surface area (Å²) in [4.78, 5) is 8.65. The maximum Gasteiger partial charge on any atom is 0.224 e. The van der Waals surface area contributed by atoms with Gasteiger partial charge in [-0.25, -0.2) is 4.98 Å². The summed E-state index contributed by atoms with van der Waals surface area (Å²) >= 11 is 0. The SMILES string of the molecule is CNc1ncc(C)c(NCc2cccc3ccccc23)n1. The number of anilines is 2. The third-order valence-corrected chi connectivity index (χ3v) is 3.52. The van der Waals surface area contributed by atoms with Gasteiger partial charge in [0.2, 0.25) is 5.95 Å². The fourth-order valence-corrected chi connectivity index (χ4v) is 2.37. The van der Waals surface area contributed by atoms with E-state index in [0.29, 0.717) is 5.95 Å². The molecule has 4 heteroatoms. The van der Waals surface area contributed by atoms with Crippen molar-refractivity contribution in [2.75, 3.05) is 17.7 Å². The number of nitrogens with one attached hydrogen (secondary N) is 2. The van der Waals surface area contributed by atoms with Crippen LogP contribution in [0.25, 0.3) is 10.8 Å². The number of benzene rings is 2. The van der Waals surface area contributed by atoms with Gasteiger partial charge in [-0.15, -0.1) is 0 Å². The van der Waals surface area contributed by atoms with E-state index in [1.54, 1.807) is 0 Å². The van der Waals surface area contributed by atoms with Crippen molar-refractivity contribution in [1.29, 1.82) is 0 Å². The van der Waals surface area contributed by atoms with E-state index in [1.807, 2.05) is 20.2 Å². The lowest BCUT2D eigenvalue weighted by Crippen LogP contribution is -2.06. The number of hydrogen-bond donors (Lipinski definition) is 2. The van der Waals surface area contributed by atoms with Gasteiger partial charge in [0.05, 0.1) is 0 Å². The average Bonchev–Trinajstić information content (AvgIpc) is 2.54. The second-order valence-corrected chi connectivity index (χ2v) is 4.97. The molecule has 1 aromatic heterocycles. The summed E-state index contributed by atoms with van der Waals surface area (Å²) in [5, 5.41) is 8.89. The summed E-state index contributed by atoms with van der Waals surface area (Å²) in [5.41, 5.74) is 2.30. The van der Waals surface area contributed by atoms with Crippen molar-refractivity contribution in [3.05, 3.63) is 59.8 Å². The molecular formula is C17H18N4. The van der Waals surface area contributed by atoms with Crippen LogP contribution < -0.4 is 10.6 Å². The highest BCUT2D eigenvalue weighted by molar-refractivity contribution is 5.85. The molecule has 2 aromatic carbocycles. The smallest absolute Gasteiger partial charge is 0.224 e. The fraction of sp³-hybridized carbons (Fsp3) is 0.176. The predicted octanol–water partition coefficient (Wildman–Crippen LogP) is 3.59. The standard InChI is InChI=1S/C17H18N4/c1-12-10-20-17(18-2)21-16(12)19-11-14-8-5-7-13-6-3-4-9-15(13)14/h3-10H,11H2,1-2H3,(H2,18,19,20,21). The molecule has 3 aromatic rings. The van der Waals surface area contributed by atoms with Crippen LogP contribution >= 0.6 is 0 Å². The highest BCUT2D eigenvalue weighted by atomic mass is 15.1. The summed E-state index contributed by atoms with van der Waals surface area (Å²) < 4.78 is 0. The molecule has 0 radical (unpaired) electrons. The first kappa shape index (κ1) is 13.4. The quantitative estimate of drug-likeness (QED) is 0.765. The van der Waals surface area contributed by atoms with Crippen molar-refractivity contribution in [3.63, 3.8) is 0 Å². The molecule has 106 valence electrons. The number of rotatable bonds is 4. The Morgan fingerprint density at radius 2 is 1.86 bits per heavy atom. The Labute approximate surface area is 124 Å². The van der Waals surface area contributed by atoms with E-state index in [2.05, 4.69) is 63.1 Å². The lowest BCUT2D eigenvalue weighted by molar-refractivity contribution is 1.06. The largest absolute Gasteiger partial charge is 0.366 e. The van der Waals surface area contributed by atoms with Crippen molar-refractivity contribution >= 4 is 22.5 Å². The van der Waals surface area contributed by atoms with Gasteiger partial charge in [-0.2, -0.15) is 4.98 Å². The molecule has 1 heterocycles. The number of nitrogens with zero attached hydrogens (tertiary/aromatic N) is 2. The molecule has 0 bridgehead atoms. The second-order valence-electron chi connectivity index (χ2n) is 4.97. The van der Waals surface area contributed by atoms with Crippen LogP contribution in [0.3, 0.4) is 0 Å². The molecule has 3 rings (SSSR count). The minimum Gasteiger partial charge on any atom is -0.366 e. The predicted molar refractivity (Wildman–Crippen MR) is 87.6 cm³/mol. The molecule has 0 amide bonds. The van der Waals surface area contributed by atoms with Crippen LogP contribution in [0.15, 0.2) is 48.7 Å². The van der Waals surface area contributed by atoms with Crippen molar-refractivity contribution in [2.45, 2.75) is 13.5 Å². The summed E-state index contributed by atoms with van der Waals surface area (Å²) in [6, 6.07) is 14.8. The minimum atomic E-state index is 0.626. The van der Waals surface area contributed by atoms with E-state index < -0.39 is 0 Å². The molecule has 0 aliphatic heterocycles. The normalized spacial score (nSPS) is 10.6. The highest BCUT2D eigenvalue weighted by Crippen LogP contribution is 2.20. The molecule has 0 aliphatic rings. The van der Waals surface area contributed by atoms with Crippen LogP contribution in [0.1, 0.15) is 11.1 Å². The van der Waals surface area contributed by atoms with Gasteiger partial charge in [0.15, 0.2) is 0 Å². The summed E-state index contributed by atoms with van der Waals surface area (Å²) in [5.74, 6) is 1.49. The zero-order valence-electron chi connectivity index (χ0n) is 12.2. The highest BCUT2D eigenvalue weighted by Gasteiger charge is 2.04. The summed E-state index contributed by atoms with van der Waals surface area (Å²) in [7, 11) is 1.82. The van der Waals surface area contributed by atoms with Crippen LogP contribution in [0.4, 0.5) is 11.8 Å². The van der Waals surface area contributed by atoms with E-state index in [-0.39, 0.29) is 0 Å². The first-order valence-electron chi connectivity index (χ1n) is 7.00. The van der Waals surface area contributed by atoms with Crippen molar-refractivity contribution in [1.82, 2.24) is 9.97 Å². The summed E-state index contributed by atoms with van der Waals surface area (Å²) in [6.07, 6.45) is 1.82. The van der Waals surface area contributed by atoms with Crippen LogP contribution in [-0.2, 0) is 6.54 Å². The van der Waals surface area contributed by atoms with Crippen molar-refractivity contribution < 1.29 is 0 Å². The Kier molecular flexibility index (Phi) is 3.69. The monoisotopic (exact) mass is 278 g/mol. The Morgan fingerprint density at radius 1 is 1.05 bits per heavy atom. The zero-order valence-corrected chi connectivity index (χ0v) is 12.2. The molecule has 2 N–H and O–H groups in total. The Balaban J connectivity index is 1.87. The third-order valence-electron chi connectivity index (χ3n) is 3.52. The lowest BCUT2D eigenvalue weighted by atomic mass is 10.0. The first-order valence-corrected chi connectivity index (χ1v) is 7.00. The average molecular weight is 278 g/mol. The molecule has 0 spiro atoms. The van der Waals surface area contributed by atoms with Gasteiger partial charge < -0.3 is 10.6 Å². The van der Waals surface area contributed by atoms with E-state index in [9.17, 15) is 0 Å². The molecule has 0 aliphatic carbocycles. The maximum absolute atomic E-state index is 4.45. The van der Waals surface area contributed by atoms with E-state index in [4.69, 9.17) is 0 Å². The van der Waals surface area contributed by atoms with E-state index in [0.717, 1.165) is 17.9 Å². The topological polar surface area (TPSA) is 49.8 Å². The molecule has 0 atom stereocenters. The van der Waals surface area contributed by atoms with Crippen LogP contribution in [0, 0.1) is 6.92 Å². The van der Waals surface area contributed by atoms with Crippen molar-refractivity contribution in [3.8, 4) is 0 Å². The number of hydrogen-bond acceptors (Lipinski definition) is 4. The fourth-order valence-electron chi connectivity index (χ4n) is 2.37.